The van der Waals surface area contributed by atoms with Gasteiger partial charge >= 0.3 is 5.97 Å². The lowest BCUT2D eigenvalue weighted by Gasteiger charge is -2.22. The van der Waals surface area contributed by atoms with Gasteiger partial charge in [0.2, 0.25) is 0 Å². The number of hydrogen-bond acceptors (Lipinski definition) is 3. The second-order valence-corrected chi connectivity index (χ2v) is 7.40. The van der Waals surface area contributed by atoms with Crippen molar-refractivity contribution in [2.45, 2.75) is 111 Å². The summed E-state index contributed by atoms with van der Waals surface area (Å²) in [6.45, 7) is 7.30. The normalized spacial score (nSPS) is 10.7. The summed E-state index contributed by atoms with van der Waals surface area (Å²) in [4.78, 5) is 25.2. The van der Waals surface area contributed by atoms with E-state index in [9.17, 15) is 9.59 Å². The van der Waals surface area contributed by atoms with Crippen molar-refractivity contribution < 1.29 is 14.3 Å². The minimum atomic E-state index is -0.384. The lowest BCUT2D eigenvalue weighted by Crippen LogP contribution is -2.36. The van der Waals surface area contributed by atoms with Gasteiger partial charge < -0.3 is 9.64 Å². The summed E-state index contributed by atoms with van der Waals surface area (Å²) in [6.07, 6.45) is 17.4. The molecule has 1 amide bonds. The van der Waals surface area contributed by atoms with Crippen molar-refractivity contribution in [3.63, 3.8) is 0 Å². The molecule has 0 aliphatic rings. The molecule has 0 aromatic heterocycles. The van der Waals surface area contributed by atoms with Crippen LogP contribution in [0.25, 0.3) is 0 Å². The lowest BCUT2D eigenvalue weighted by molar-refractivity contribution is -0.150. The molecule has 0 heterocycles. The number of carbonyl (C=O) groups is 2. The molecule has 0 saturated heterocycles. The lowest BCUT2D eigenvalue weighted by atomic mass is 10.1. The van der Waals surface area contributed by atoms with Crippen LogP contribution in [-0.2, 0) is 14.3 Å². The number of amides is 1. The van der Waals surface area contributed by atoms with E-state index in [1.165, 1.54) is 84.0 Å². The molecule has 0 aliphatic carbocycles. The number of carbonyl (C=O) groups excluding carboxylic acids is 2. The molecular formula is C22H43NO3. The molecule has 0 N–H and O–H groups in total. The van der Waals surface area contributed by atoms with Gasteiger partial charge in [-0.25, -0.2) is 0 Å². The van der Waals surface area contributed by atoms with Gasteiger partial charge in [0, 0.05) is 20.0 Å². The van der Waals surface area contributed by atoms with Crippen LogP contribution in [0, 0.1) is 0 Å². The number of rotatable bonds is 18. The molecule has 4 heteroatoms. The summed E-state index contributed by atoms with van der Waals surface area (Å²) < 4.78 is 4.90. The van der Waals surface area contributed by atoms with Crippen LogP contribution >= 0.6 is 0 Å². The summed E-state index contributed by atoms with van der Waals surface area (Å²) in [5.74, 6) is -0.428. The molecule has 0 rings (SSSR count). The van der Waals surface area contributed by atoms with Gasteiger partial charge in [0.15, 0.2) is 6.61 Å². The third kappa shape index (κ3) is 16.4. The first-order valence-corrected chi connectivity index (χ1v) is 11.0. The average molecular weight is 370 g/mol. The molecule has 26 heavy (non-hydrogen) atoms. The molecule has 0 aromatic carbocycles. The highest BCUT2D eigenvalue weighted by Gasteiger charge is 2.14. The highest BCUT2D eigenvalue weighted by Crippen LogP contribution is 2.10. The van der Waals surface area contributed by atoms with Crippen molar-refractivity contribution in [1.82, 2.24) is 4.90 Å². The van der Waals surface area contributed by atoms with Crippen molar-refractivity contribution >= 4 is 11.9 Å². The van der Waals surface area contributed by atoms with Gasteiger partial charge in [0.1, 0.15) is 0 Å². The largest absolute Gasteiger partial charge is 0.456 e. The third-order valence-corrected chi connectivity index (χ3v) is 4.81. The first kappa shape index (κ1) is 24.9. The molecule has 4 nitrogen and oxygen atoms in total. The van der Waals surface area contributed by atoms with E-state index in [4.69, 9.17) is 4.74 Å². The molecule has 0 spiro atoms. The second-order valence-electron chi connectivity index (χ2n) is 7.40. The van der Waals surface area contributed by atoms with Crippen molar-refractivity contribution in [1.29, 1.82) is 0 Å². The van der Waals surface area contributed by atoms with Gasteiger partial charge in [0.25, 0.3) is 5.91 Å². The Morgan fingerprint density at radius 3 is 1.42 bits per heavy atom. The van der Waals surface area contributed by atoms with Crippen molar-refractivity contribution in [3.05, 3.63) is 0 Å². The van der Waals surface area contributed by atoms with Crippen molar-refractivity contribution in [3.8, 4) is 0 Å². The molecule has 0 aromatic rings. The topological polar surface area (TPSA) is 46.6 Å². The SMILES string of the molecule is CCCCCCCCCN(CCCCCCCCC)C(=O)COC(C)=O. The van der Waals surface area contributed by atoms with E-state index in [-0.39, 0.29) is 18.5 Å². The van der Waals surface area contributed by atoms with Gasteiger partial charge in [-0.2, -0.15) is 0 Å². The molecule has 0 saturated carbocycles. The molecule has 0 unspecified atom stereocenters. The van der Waals surface area contributed by atoms with Crippen LogP contribution in [0.1, 0.15) is 111 Å². The maximum atomic E-state index is 12.3. The van der Waals surface area contributed by atoms with E-state index in [1.807, 2.05) is 4.90 Å². The Hall–Kier alpha value is -1.06. The summed E-state index contributed by atoms with van der Waals surface area (Å²) in [5, 5.41) is 0. The zero-order valence-electron chi connectivity index (χ0n) is 17.7. The van der Waals surface area contributed by atoms with Crippen LogP contribution in [0.4, 0.5) is 0 Å². The fraction of sp³-hybridized carbons (Fsp3) is 0.909. The zero-order chi connectivity index (χ0) is 19.5. The highest BCUT2D eigenvalue weighted by atomic mass is 16.5. The number of unbranched alkanes of at least 4 members (excludes halogenated alkanes) is 12. The molecule has 0 radical (unpaired) electrons. The van der Waals surface area contributed by atoms with Crippen LogP contribution in [-0.4, -0.2) is 36.5 Å². The monoisotopic (exact) mass is 369 g/mol. The second kappa shape index (κ2) is 18.7. The van der Waals surface area contributed by atoms with E-state index in [0.717, 1.165) is 25.9 Å². The predicted octanol–water partition coefficient (Wildman–Crippen LogP) is 5.88. The Bertz CT molecular complexity index is 326. The summed E-state index contributed by atoms with van der Waals surface area (Å²) in [6, 6.07) is 0. The fourth-order valence-corrected chi connectivity index (χ4v) is 3.14. The highest BCUT2D eigenvalue weighted by molar-refractivity contribution is 5.80. The Morgan fingerprint density at radius 2 is 1.04 bits per heavy atom. The molecule has 0 aliphatic heterocycles. The van der Waals surface area contributed by atoms with Crippen LogP contribution in [0.2, 0.25) is 0 Å². The Labute approximate surface area is 162 Å². The molecular weight excluding hydrogens is 326 g/mol. The maximum Gasteiger partial charge on any atom is 0.303 e. The first-order valence-electron chi connectivity index (χ1n) is 11.0. The number of ether oxygens (including phenoxy) is 1. The van der Waals surface area contributed by atoms with Gasteiger partial charge in [-0.1, -0.05) is 90.9 Å². The summed E-state index contributed by atoms with van der Waals surface area (Å²) in [5.41, 5.74) is 0. The fourth-order valence-electron chi connectivity index (χ4n) is 3.14. The molecule has 0 fully saturated rings. The number of hydrogen-bond donors (Lipinski definition) is 0. The third-order valence-electron chi connectivity index (χ3n) is 4.81. The van der Waals surface area contributed by atoms with E-state index in [1.54, 1.807) is 0 Å². The van der Waals surface area contributed by atoms with Crippen LogP contribution in [0.15, 0.2) is 0 Å². The van der Waals surface area contributed by atoms with Crippen molar-refractivity contribution in [2.75, 3.05) is 19.7 Å². The van der Waals surface area contributed by atoms with Gasteiger partial charge in [-0.3, -0.25) is 9.59 Å². The summed E-state index contributed by atoms with van der Waals surface area (Å²) in [7, 11) is 0. The molecule has 0 atom stereocenters. The Balaban J connectivity index is 4.01. The quantitative estimate of drug-likeness (QED) is 0.224. The van der Waals surface area contributed by atoms with Gasteiger partial charge in [-0.15, -0.1) is 0 Å². The Kier molecular flexibility index (Phi) is 18.0. The van der Waals surface area contributed by atoms with Crippen LogP contribution in [0.5, 0.6) is 0 Å². The molecule has 154 valence electrons. The van der Waals surface area contributed by atoms with Gasteiger partial charge in [-0.05, 0) is 12.8 Å². The first-order chi connectivity index (χ1) is 12.6. The van der Waals surface area contributed by atoms with E-state index in [0.29, 0.717) is 0 Å². The number of esters is 1. The summed E-state index contributed by atoms with van der Waals surface area (Å²) >= 11 is 0. The van der Waals surface area contributed by atoms with Gasteiger partial charge in [0.05, 0.1) is 0 Å². The van der Waals surface area contributed by atoms with E-state index >= 15 is 0 Å². The van der Waals surface area contributed by atoms with E-state index in [2.05, 4.69) is 13.8 Å². The van der Waals surface area contributed by atoms with Crippen LogP contribution in [0.3, 0.4) is 0 Å². The predicted molar refractivity (Wildman–Crippen MR) is 109 cm³/mol. The smallest absolute Gasteiger partial charge is 0.303 e. The number of nitrogens with zero attached hydrogens (tertiary/aromatic N) is 1. The standard InChI is InChI=1S/C22H43NO3/c1-4-6-8-10-12-14-16-18-23(22(25)20-26-21(3)24)19-17-15-13-11-9-7-5-2/h4-20H2,1-3H3. The minimum Gasteiger partial charge on any atom is -0.456 e. The molecule has 0 bridgehead atoms. The van der Waals surface area contributed by atoms with Crippen LogP contribution < -0.4 is 0 Å². The van der Waals surface area contributed by atoms with Crippen molar-refractivity contribution in [2.24, 2.45) is 0 Å². The average Bonchev–Trinajstić information content (AvgIpc) is 2.62. The maximum absolute atomic E-state index is 12.3. The van der Waals surface area contributed by atoms with E-state index < -0.39 is 0 Å². The minimum absolute atomic E-state index is 0.0443. The zero-order valence-corrected chi connectivity index (χ0v) is 17.7. The Morgan fingerprint density at radius 1 is 0.654 bits per heavy atom.